The second-order valence-corrected chi connectivity index (χ2v) is 12.9. The van der Waals surface area contributed by atoms with E-state index in [1.807, 2.05) is 60.9 Å². The fraction of sp³-hybridized carbons (Fsp3) is 0.700. The van der Waals surface area contributed by atoms with Gasteiger partial charge in [0, 0.05) is 51.1 Å². The number of aliphatic hydroxyl groups is 1. The number of hydrogen-bond donors (Lipinski definition) is 2. The molecule has 10 nitrogen and oxygen atoms in total. The van der Waals surface area contributed by atoms with E-state index in [1.165, 1.54) is 0 Å². The molecule has 1 spiro atoms. The summed E-state index contributed by atoms with van der Waals surface area (Å²) in [5, 5.41) is 14.9. The lowest BCUT2D eigenvalue weighted by molar-refractivity contribution is -0.167. The summed E-state index contributed by atoms with van der Waals surface area (Å²) >= 11 is 0. The molecule has 10 heteroatoms. The number of rotatable bonds is 3. The van der Waals surface area contributed by atoms with Crippen molar-refractivity contribution in [3.05, 3.63) is 35.9 Å². The SMILES string of the molecule is CC(C)(C)OC(=O)N1CCN(C(=O)N2CCC(O)(CC3OCCNC3=O)C3(CCCC3)C2)[C@H](c2ccccc2)C1. The lowest BCUT2D eigenvalue weighted by atomic mass is 9.63. The molecular weight excluding hydrogens is 512 g/mol. The number of morpholine rings is 1. The highest BCUT2D eigenvalue weighted by atomic mass is 16.6. The van der Waals surface area contributed by atoms with Gasteiger partial charge in [0.25, 0.3) is 0 Å². The number of piperazine rings is 1. The van der Waals surface area contributed by atoms with Crippen LogP contribution in [0.25, 0.3) is 0 Å². The summed E-state index contributed by atoms with van der Waals surface area (Å²) < 4.78 is 11.4. The molecule has 1 aromatic rings. The molecule has 3 atom stereocenters. The summed E-state index contributed by atoms with van der Waals surface area (Å²) in [6.07, 6.45) is 3.23. The number of amides is 4. The van der Waals surface area contributed by atoms with Gasteiger partial charge in [0.05, 0.1) is 18.2 Å². The number of carbonyl (C=O) groups is 3. The lowest BCUT2D eigenvalue weighted by Gasteiger charge is -2.54. The minimum Gasteiger partial charge on any atom is -0.444 e. The molecule has 2 unspecified atom stereocenters. The van der Waals surface area contributed by atoms with Gasteiger partial charge < -0.3 is 34.6 Å². The number of piperidine rings is 1. The molecule has 3 saturated heterocycles. The Labute approximate surface area is 237 Å². The average molecular weight is 557 g/mol. The zero-order valence-corrected chi connectivity index (χ0v) is 24.1. The second-order valence-electron chi connectivity index (χ2n) is 12.9. The Morgan fingerprint density at radius 2 is 1.80 bits per heavy atom. The Kier molecular flexibility index (Phi) is 8.03. The molecule has 5 rings (SSSR count). The quantitative estimate of drug-likeness (QED) is 0.591. The third-order valence-electron chi connectivity index (χ3n) is 9.11. The molecule has 3 aliphatic heterocycles. The highest BCUT2D eigenvalue weighted by Gasteiger charge is 2.57. The third-order valence-corrected chi connectivity index (χ3v) is 9.11. The zero-order chi connectivity index (χ0) is 28.5. The summed E-state index contributed by atoms with van der Waals surface area (Å²) in [7, 11) is 0. The molecule has 0 aromatic heterocycles. The Morgan fingerprint density at radius 1 is 1.07 bits per heavy atom. The highest BCUT2D eigenvalue weighted by Crippen LogP contribution is 2.53. The zero-order valence-electron chi connectivity index (χ0n) is 24.1. The lowest BCUT2D eigenvalue weighted by Crippen LogP contribution is -2.64. The van der Waals surface area contributed by atoms with E-state index in [0.717, 1.165) is 31.2 Å². The minimum absolute atomic E-state index is 0.0716. The minimum atomic E-state index is -1.08. The maximum absolute atomic E-state index is 14.2. The molecule has 3 heterocycles. The van der Waals surface area contributed by atoms with Gasteiger partial charge in [0.2, 0.25) is 5.91 Å². The van der Waals surface area contributed by atoms with Gasteiger partial charge >= 0.3 is 12.1 Å². The van der Waals surface area contributed by atoms with Crippen LogP contribution >= 0.6 is 0 Å². The van der Waals surface area contributed by atoms with Gasteiger partial charge in [-0.3, -0.25) is 4.79 Å². The summed E-state index contributed by atoms with van der Waals surface area (Å²) in [5.41, 5.74) is -1.18. The molecule has 1 aromatic carbocycles. The Morgan fingerprint density at radius 3 is 2.48 bits per heavy atom. The van der Waals surface area contributed by atoms with Crippen molar-refractivity contribution in [3.8, 4) is 0 Å². The first-order valence-electron chi connectivity index (χ1n) is 14.7. The van der Waals surface area contributed by atoms with E-state index in [0.29, 0.717) is 52.3 Å². The van der Waals surface area contributed by atoms with E-state index in [9.17, 15) is 19.5 Å². The molecule has 40 heavy (non-hydrogen) atoms. The molecule has 1 saturated carbocycles. The van der Waals surface area contributed by atoms with Gasteiger partial charge in [-0.2, -0.15) is 0 Å². The topological polar surface area (TPSA) is 112 Å². The van der Waals surface area contributed by atoms with Gasteiger partial charge in [0.1, 0.15) is 11.7 Å². The first-order valence-corrected chi connectivity index (χ1v) is 14.7. The molecule has 1 aliphatic carbocycles. The number of urea groups is 1. The largest absolute Gasteiger partial charge is 0.444 e. The van der Waals surface area contributed by atoms with Crippen LogP contribution in [0.1, 0.15) is 70.9 Å². The van der Waals surface area contributed by atoms with Crippen molar-refractivity contribution in [2.24, 2.45) is 5.41 Å². The van der Waals surface area contributed by atoms with Crippen molar-refractivity contribution in [1.82, 2.24) is 20.0 Å². The molecule has 220 valence electrons. The molecule has 4 fully saturated rings. The smallest absolute Gasteiger partial charge is 0.410 e. The number of hydrogen-bond acceptors (Lipinski definition) is 6. The van der Waals surface area contributed by atoms with Gasteiger partial charge in [-0.05, 0) is 45.6 Å². The normalized spacial score (nSPS) is 28.9. The standard InChI is InChI=1S/C30H44N4O6/c1-28(2,3)40-27(37)32-16-17-34(23(20-32)22-9-5-4-6-10-22)26(36)33-15-13-30(38,29(21-33)11-7-8-12-29)19-24-25(35)31-14-18-39-24/h4-6,9-10,23-24,38H,7-8,11-21H2,1-3H3,(H,31,35)/t23-,24?,30?/m0/s1. The highest BCUT2D eigenvalue weighted by molar-refractivity contribution is 5.81. The number of carbonyl (C=O) groups excluding carboxylic acids is 3. The van der Waals surface area contributed by atoms with Gasteiger partial charge in [0.15, 0.2) is 0 Å². The number of likely N-dealkylation sites (tertiary alicyclic amines) is 1. The van der Waals surface area contributed by atoms with Crippen molar-refractivity contribution in [3.63, 3.8) is 0 Å². The summed E-state index contributed by atoms with van der Waals surface area (Å²) in [6.45, 7) is 8.47. The van der Waals surface area contributed by atoms with Crippen LogP contribution < -0.4 is 5.32 Å². The number of nitrogens with zero attached hydrogens (tertiary/aromatic N) is 3. The van der Waals surface area contributed by atoms with E-state index in [-0.39, 0.29) is 30.5 Å². The molecule has 0 radical (unpaired) electrons. The Bertz CT molecular complexity index is 1090. The van der Waals surface area contributed by atoms with Crippen molar-refractivity contribution < 1.29 is 29.0 Å². The predicted octanol–water partition coefficient (Wildman–Crippen LogP) is 3.30. The van der Waals surface area contributed by atoms with Crippen LogP contribution in [0.5, 0.6) is 0 Å². The molecule has 4 aliphatic rings. The average Bonchev–Trinajstić information content (AvgIpc) is 3.40. The maximum Gasteiger partial charge on any atom is 0.410 e. The molecule has 4 amide bonds. The predicted molar refractivity (Wildman–Crippen MR) is 148 cm³/mol. The summed E-state index contributed by atoms with van der Waals surface area (Å²) in [6, 6.07) is 9.44. The van der Waals surface area contributed by atoms with Crippen molar-refractivity contribution in [1.29, 1.82) is 0 Å². The van der Waals surface area contributed by atoms with Crippen molar-refractivity contribution >= 4 is 18.0 Å². The van der Waals surface area contributed by atoms with Crippen LogP contribution in [0, 0.1) is 5.41 Å². The van der Waals surface area contributed by atoms with Gasteiger partial charge in [-0.15, -0.1) is 0 Å². The first kappa shape index (κ1) is 28.7. The van der Waals surface area contributed by atoms with Crippen LogP contribution in [0.15, 0.2) is 30.3 Å². The van der Waals surface area contributed by atoms with Gasteiger partial charge in [-0.25, -0.2) is 9.59 Å². The maximum atomic E-state index is 14.2. The fourth-order valence-electron chi connectivity index (χ4n) is 7.00. The Balaban J connectivity index is 1.34. The molecule has 2 N–H and O–H groups in total. The second kappa shape index (κ2) is 11.2. The summed E-state index contributed by atoms with van der Waals surface area (Å²) in [5.74, 6) is -0.167. The Hall–Kier alpha value is -2.85. The monoisotopic (exact) mass is 556 g/mol. The number of nitrogens with one attached hydrogen (secondary N) is 1. The molecule has 0 bridgehead atoms. The fourth-order valence-corrected chi connectivity index (χ4v) is 7.00. The van der Waals surface area contributed by atoms with Crippen molar-refractivity contribution in [2.45, 2.75) is 82.6 Å². The van der Waals surface area contributed by atoms with Crippen LogP contribution in [-0.2, 0) is 14.3 Å². The van der Waals surface area contributed by atoms with E-state index in [1.54, 1.807) is 4.90 Å². The van der Waals surface area contributed by atoms with Crippen molar-refractivity contribution in [2.75, 3.05) is 45.9 Å². The third kappa shape index (κ3) is 5.79. The van der Waals surface area contributed by atoms with E-state index < -0.39 is 22.7 Å². The van der Waals surface area contributed by atoms with Crippen LogP contribution in [-0.4, -0.2) is 101 Å². The molecular formula is C30H44N4O6. The van der Waals surface area contributed by atoms with E-state index in [2.05, 4.69) is 5.32 Å². The number of benzene rings is 1. The van der Waals surface area contributed by atoms with E-state index in [4.69, 9.17) is 9.47 Å². The van der Waals surface area contributed by atoms with E-state index >= 15 is 0 Å². The van der Waals surface area contributed by atoms with Gasteiger partial charge in [-0.1, -0.05) is 43.2 Å². The first-order chi connectivity index (χ1) is 19.0. The van der Waals surface area contributed by atoms with Crippen LogP contribution in [0.3, 0.4) is 0 Å². The number of ether oxygens (including phenoxy) is 2. The van der Waals surface area contributed by atoms with Crippen LogP contribution in [0.4, 0.5) is 9.59 Å². The van der Waals surface area contributed by atoms with Crippen LogP contribution in [0.2, 0.25) is 0 Å². The summed E-state index contributed by atoms with van der Waals surface area (Å²) in [4.78, 5) is 45.0.